The molecular weight excluding hydrogens is 144 g/mol. The normalized spacial score (nSPS) is 26.3. The average molecular weight is 153 g/mol. The van der Waals surface area contributed by atoms with Crippen molar-refractivity contribution in [1.29, 1.82) is 0 Å². The summed E-state index contributed by atoms with van der Waals surface area (Å²) >= 11 is 0. The molecule has 0 bridgehead atoms. The van der Waals surface area contributed by atoms with Gasteiger partial charge in [-0.1, -0.05) is 0 Å². The van der Waals surface area contributed by atoms with Crippen LogP contribution in [-0.4, -0.2) is 18.6 Å². The van der Waals surface area contributed by atoms with Gasteiger partial charge < -0.3 is 5.73 Å². The largest absolute Gasteiger partial charge is 0.320 e. The highest BCUT2D eigenvalue weighted by molar-refractivity contribution is 5.85. The third-order valence-corrected chi connectivity index (χ3v) is 1.04. The van der Waals surface area contributed by atoms with Gasteiger partial charge in [0, 0.05) is 0 Å². The summed E-state index contributed by atoms with van der Waals surface area (Å²) < 4.78 is 0. The van der Waals surface area contributed by atoms with Crippen molar-refractivity contribution in [1.82, 2.24) is 5.48 Å². The zero-order chi connectivity index (χ0) is 5.98. The highest BCUT2D eigenvalue weighted by Gasteiger charge is 2.17. The summed E-state index contributed by atoms with van der Waals surface area (Å²) in [5.41, 5.74) is 7.45. The van der Waals surface area contributed by atoms with Crippen molar-refractivity contribution in [2.75, 3.05) is 6.61 Å². The molecule has 5 heteroatoms. The van der Waals surface area contributed by atoms with Crippen LogP contribution in [0.1, 0.15) is 6.42 Å². The molecule has 1 fully saturated rings. The van der Waals surface area contributed by atoms with E-state index in [4.69, 9.17) is 5.73 Å². The second-order valence-corrected chi connectivity index (χ2v) is 1.71. The lowest BCUT2D eigenvalue weighted by Crippen LogP contribution is -2.45. The van der Waals surface area contributed by atoms with E-state index in [-0.39, 0.29) is 24.4 Å². The van der Waals surface area contributed by atoms with Gasteiger partial charge in [-0.2, -0.15) is 0 Å². The van der Waals surface area contributed by atoms with E-state index in [9.17, 15) is 4.79 Å². The molecule has 3 N–H and O–H groups in total. The molecule has 0 aromatic rings. The third-order valence-electron chi connectivity index (χ3n) is 1.04. The number of hydroxylamine groups is 1. The van der Waals surface area contributed by atoms with Crippen molar-refractivity contribution in [2.24, 2.45) is 5.73 Å². The van der Waals surface area contributed by atoms with Gasteiger partial charge in [-0.15, -0.1) is 12.4 Å². The first-order valence-electron chi connectivity index (χ1n) is 2.48. The van der Waals surface area contributed by atoms with Gasteiger partial charge in [0.25, 0.3) is 5.91 Å². The Labute approximate surface area is 59.1 Å². The standard InChI is InChI=1S/C4H8N2O2.ClH/c5-3-1-2-8-6-4(3)7;/h3H,1-2,5H2,(H,6,7);1H. The second-order valence-electron chi connectivity index (χ2n) is 1.71. The fraction of sp³-hybridized carbons (Fsp3) is 0.750. The molecular formula is C4H9ClN2O2. The van der Waals surface area contributed by atoms with E-state index in [1.807, 2.05) is 0 Å². The Kier molecular flexibility index (Phi) is 3.53. The maximum absolute atomic E-state index is 10.4. The van der Waals surface area contributed by atoms with Crippen molar-refractivity contribution in [2.45, 2.75) is 12.5 Å². The third kappa shape index (κ3) is 2.17. The van der Waals surface area contributed by atoms with E-state index in [2.05, 4.69) is 10.3 Å². The molecule has 4 nitrogen and oxygen atoms in total. The van der Waals surface area contributed by atoms with E-state index in [0.29, 0.717) is 13.0 Å². The van der Waals surface area contributed by atoms with Gasteiger partial charge in [-0.25, -0.2) is 5.48 Å². The van der Waals surface area contributed by atoms with Crippen LogP contribution in [0.2, 0.25) is 0 Å². The van der Waals surface area contributed by atoms with Crippen LogP contribution in [0.15, 0.2) is 0 Å². The zero-order valence-corrected chi connectivity index (χ0v) is 5.61. The Morgan fingerprint density at radius 2 is 2.44 bits per heavy atom. The number of carbonyl (C=O) groups excluding carboxylic acids is 1. The van der Waals surface area contributed by atoms with Crippen LogP contribution in [0.5, 0.6) is 0 Å². The fourth-order valence-electron chi connectivity index (χ4n) is 0.515. The lowest BCUT2D eigenvalue weighted by Gasteiger charge is -2.16. The predicted molar refractivity (Wildman–Crippen MR) is 33.9 cm³/mol. The van der Waals surface area contributed by atoms with Crippen molar-refractivity contribution in [3.05, 3.63) is 0 Å². The van der Waals surface area contributed by atoms with Crippen LogP contribution in [0.4, 0.5) is 0 Å². The molecule has 0 spiro atoms. The number of halogens is 1. The molecule has 1 heterocycles. The Morgan fingerprint density at radius 3 is 2.78 bits per heavy atom. The quantitative estimate of drug-likeness (QED) is 0.477. The van der Waals surface area contributed by atoms with Gasteiger partial charge in [0.2, 0.25) is 0 Å². The monoisotopic (exact) mass is 152 g/mol. The average Bonchev–Trinajstić information content (AvgIpc) is 1.77. The maximum atomic E-state index is 10.4. The van der Waals surface area contributed by atoms with E-state index in [1.54, 1.807) is 0 Å². The van der Waals surface area contributed by atoms with Crippen molar-refractivity contribution in [3.63, 3.8) is 0 Å². The molecule has 1 aliphatic heterocycles. The molecule has 9 heavy (non-hydrogen) atoms. The summed E-state index contributed by atoms with van der Waals surface area (Å²) in [7, 11) is 0. The number of carbonyl (C=O) groups is 1. The number of nitrogens with two attached hydrogens (primary N) is 1. The fourth-order valence-corrected chi connectivity index (χ4v) is 0.515. The number of hydrogen-bond donors (Lipinski definition) is 2. The Balaban J connectivity index is 0.000000640. The molecule has 0 aromatic carbocycles. The number of nitrogens with one attached hydrogen (secondary N) is 1. The van der Waals surface area contributed by atoms with Crippen LogP contribution in [0.25, 0.3) is 0 Å². The van der Waals surface area contributed by atoms with Gasteiger partial charge in [0.1, 0.15) is 0 Å². The molecule has 0 aliphatic carbocycles. The Bertz CT molecular complexity index is 109. The van der Waals surface area contributed by atoms with Crippen LogP contribution in [-0.2, 0) is 9.63 Å². The molecule has 0 aromatic heterocycles. The molecule has 1 unspecified atom stereocenters. The van der Waals surface area contributed by atoms with Crippen LogP contribution in [0.3, 0.4) is 0 Å². The van der Waals surface area contributed by atoms with Gasteiger partial charge >= 0.3 is 0 Å². The summed E-state index contributed by atoms with van der Waals surface area (Å²) in [6.45, 7) is 0.521. The lowest BCUT2D eigenvalue weighted by atomic mass is 10.2. The SMILES string of the molecule is Cl.NC1CCONC1=O. The summed E-state index contributed by atoms with van der Waals surface area (Å²) in [4.78, 5) is 15.0. The highest BCUT2D eigenvalue weighted by Crippen LogP contribution is 1.93. The predicted octanol–water partition coefficient (Wildman–Crippen LogP) is -0.813. The number of hydrogen-bond acceptors (Lipinski definition) is 3. The first kappa shape index (κ1) is 8.68. The minimum atomic E-state index is -0.372. The molecule has 0 saturated carbocycles. The molecule has 1 amide bonds. The molecule has 54 valence electrons. The summed E-state index contributed by atoms with van der Waals surface area (Å²) in [5.74, 6) is -0.226. The van der Waals surface area contributed by atoms with Gasteiger partial charge in [-0.05, 0) is 6.42 Å². The van der Waals surface area contributed by atoms with Gasteiger partial charge in [0.05, 0.1) is 12.6 Å². The van der Waals surface area contributed by atoms with Crippen LogP contribution < -0.4 is 11.2 Å². The summed E-state index contributed by atoms with van der Waals surface area (Å²) in [6.07, 6.45) is 0.617. The maximum Gasteiger partial charge on any atom is 0.260 e. The minimum Gasteiger partial charge on any atom is -0.320 e. The molecule has 1 saturated heterocycles. The van der Waals surface area contributed by atoms with E-state index < -0.39 is 0 Å². The molecule has 1 atom stereocenters. The van der Waals surface area contributed by atoms with E-state index in [0.717, 1.165) is 0 Å². The van der Waals surface area contributed by atoms with Crippen molar-refractivity contribution < 1.29 is 9.63 Å². The molecule has 1 aliphatic rings. The number of amides is 1. The smallest absolute Gasteiger partial charge is 0.260 e. The Morgan fingerprint density at radius 1 is 1.78 bits per heavy atom. The lowest BCUT2D eigenvalue weighted by molar-refractivity contribution is -0.140. The zero-order valence-electron chi connectivity index (χ0n) is 4.79. The number of rotatable bonds is 0. The highest BCUT2D eigenvalue weighted by atomic mass is 35.5. The van der Waals surface area contributed by atoms with Crippen LogP contribution >= 0.6 is 12.4 Å². The Hall–Kier alpha value is -0.320. The van der Waals surface area contributed by atoms with Crippen molar-refractivity contribution >= 4 is 18.3 Å². The van der Waals surface area contributed by atoms with E-state index in [1.165, 1.54) is 0 Å². The van der Waals surface area contributed by atoms with Gasteiger partial charge in [-0.3, -0.25) is 9.63 Å². The summed E-state index contributed by atoms with van der Waals surface area (Å²) in [5, 5.41) is 0. The van der Waals surface area contributed by atoms with Crippen LogP contribution in [0, 0.1) is 0 Å². The summed E-state index contributed by atoms with van der Waals surface area (Å²) in [6, 6.07) is -0.372. The van der Waals surface area contributed by atoms with Crippen molar-refractivity contribution in [3.8, 4) is 0 Å². The second kappa shape index (κ2) is 3.66. The first-order valence-corrected chi connectivity index (χ1v) is 2.48. The minimum absolute atomic E-state index is 0. The molecule has 1 rings (SSSR count). The van der Waals surface area contributed by atoms with Gasteiger partial charge in [0.15, 0.2) is 0 Å². The molecule has 0 radical (unpaired) electrons. The first-order chi connectivity index (χ1) is 3.80. The topological polar surface area (TPSA) is 64.3 Å². The van der Waals surface area contributed by atoms with E-state index >= 15 is 0 Å².